The minimum atomic E-state index is -0.902. The van der Waals surface area contributed by atoms with Gasteiger partial charge in [0.15, 0.2) is 0 Å². The van der Waals surface area contributed by atoms with E-state index < -0.39 is 16.9 Å². The quantitative estimate of drug-likeness (QED) is 0.591. The molecular formula is C14H20N2O4. The van der Waals surface area contributed by atoms with E-state index in [4.69, 9.17) is 5.11 Å². The van der Waals surface area contributed by atoms with Gasteiger partial charge in [-0.3, -0.25) is 14.9 Å². The molecule has 1 aromatic rings. The van der Waals surface area contributed by atoms with Crippen LogP contribution in [-0.2, 0) is 11.3 Å². The van der Waals surface area contributed by atoms with E-state index in [1.165, 1.54) is 6.07 Å². The van der Waals surface area contributed by atoms with Gasteiger partial charge in [0.2, 0.25) is 0 Å². The van der Waals surface area contributed by atoms with Crippen LogP contribution in [0.15, 0.2) is 18.2 Å². The van der Waals surface area contributed by atoms with Crippen molar-refractivity contribution in [2.45, 2.75) is 39.8 Å². The third-order valence-electron chi connectivity index (χ3n) is 3.03. The second kappa shape index (κ2) is 7.00. The summed E-state index contributed by atoms with van der Waals surface area (Å²) in [5, 5.41) is 22.9. The zero-order valence-corrected chi connectivity index (χ0v) is 11.9. The summed E-state index contributed by atoms with van der Waals surface area (Å²) in [5.74, 6) is -0.642. The fourth-order valence-corrected chi connectivity index (χ4v) is 1.95. The topological polar surface area (TPSA) is 92.5 Å². The fraction of sp³-hybridized carbons (Fsp3) is 0.500. The van der Waals surface area contributed by atoms with Crippen LogP contribution in [0.5, 0.6) is 0 Å². The molecular weight excluding hydrogens is 260 g/mol. The van der Waals surface area contributed by atoms with Gasteiger partial charge in [0, 0.05) is 18.2 Å². The number of nitro benzene ring substituents is 1. The van der Waals surface area contributed by atoms with E-state index >= 15 is 0 Å². The molecule has 0 unspecified atom stereocenters. The number of hydrogen-bond donors (Lipinski definition) is 2. The molecule has 0 saturated heterocycles. The molecule has 0 heterocycles. The first-order chi connectivity index (χ1) is 9.31. The summed E-state index contributed by atoms with van der Waals surface area (Å²) < 4.78 is 0. The molecule has 0 aliphatic heterocycles. The Hall–Kier alpha value is -1.95. The van der Waals surface area contributed by atoms with Gasteiger partial charge in [-0.2, -0.15) is 0 Å². The summed E-state index contributed by atoms with van der Waals surface area (Å²) in [6, 6.07) is 4.28. The molecule has 6 heteroatoms. The molecule has 1 atom stereocenters. The highest BCUT2D eigenvalue weighted by Crippen LogP contribution is 2.19. The van der Waals surface area contributed by atoms with Crippen molar-refractivity contribution in [1.29, 1.82) is 0 Å². The summed E-state index contributed by atoms with van der Waals surface area (Å²) in [5.41, 5.74) is 1.35. The molecule has 110 valence electrons. The second-order valence-electron chi connectivity index (χ2n) is 5.28. The molecule has 6 nitrogen and oxygen atoms in total. The summed E-state index contributed by atoms with van der Waals surface area (Å²) in [7, 11) is 0. The lowest BCUT2D eigenvalue weighted by molar-refractivity contribution is -0.385. The van der Waals surface area contributed by atoms with Crippen molar-refractivity contribution >= 4 is 11.7 Å². The average molecular weight is 280 g/mol. The molecule has 0 aromatic heterocycles. The summed E-state index contributed by atoms with van der Waals surface area (Å²) in [6.07, 6.45) is 0.517. The van der Waals surface area contributed by atoms with Crippen molar-refractivity contribution in [3.05, 3.63) is 39.4 Å². The van der Waals surface area contributed by atoms with E-state index in [0.717, 1.165) is 0 Å². The Morgan fingerprint density at radius 2 is 2.10 bits per heavy atom. The number of rotatable bonds is 7. The third-order valence-corrected chi connectivity index (χ3v) is 3.03. The van der Waals surface area contributed by atoms with Gasteiger partial charge in [-0.05, 0) is 24.8 Å². The van der Waals surface area contributed by atoms with Crippen LogP contribution in [-0.4, -0.2) is 22.0 Å². The van der Waals surface area contributed by atoms with Crippen molar-refractivity contribution < 1.29 is 14.8 Å². The maximum atomic E-state index is 11.1. The van der Waals surface area contributed by atoms with Gasteiger partial charge in [-0.1, -0.05) is 26.0 Å². The predicted molar refractivity (Wildman–Crippen MR) is 75.6 cm³/mol. The predicted octanol–water partition coefficient (Wildman–Crippen LogP) is 2.49. The number of hydrogen-bond acceptors (Lipinski definition) is 4. The van der Waals surface area contributed by atoms with E-state index in [0.29, 0.717) is 24.1 Å². The Labute approximate surface area is 118 Å². The van der Waals surface area contributed by atoms with Crippen LogP contribution in [0.1, 0.15) is 31.4 Å². The SMILES string of the molecule is Cc1ccc(CN[C@@H](CC(C)C)C(=O)O)cc1[N+](=O)[O-]. The van der Waals surface area contributed by atoms with Crippen LogP contribution in [0.25, 0.3) is 0 Å². The van der Waals surface area contributed by atoms with Crippen LogP contribution < -0.4 is 5.32 Å². The molecule has 0 bridgehead atoms. The van der Waals surface area contributed by atoms with Gasteiger partial charge >= 0.3 is 5.97 Å². The third kappa shape index (κ3) is 4.62. The Morgan fingerprint density at radius 3 is 2.60 bits per heavy atom. The largest absolute Gasteiger partial charge is 0.480 e. The maximum absolute atomic E-state index is 11.1. The van der Waals surface area contributed by atoms with Crippen molar-refractivity contribution in [2.75, 3.05) is 0 Å². The van der Waals surface area contributed by atoms with Gasteiger partial charge in [-0.25, -0.2) is 0 Å². The van der Waals surface area contributed by atoms with Crippen molar-refractivity contribution in [2.24, 2.45) is 5.92 Å². The van der Waals surface area contributed by atoms with Crippen LogP contribution >= 0.6 is 0 Å². The smallest absolute Gasteiger partial charge is 0.320 e. The molecule has 0 aliphatic rings. The summed E-state index contributed by atoms with van der Waals surface area (Å²) in [6.45, 7) is 5.88. The molecule has 20 heavy (non-hydrogen) atoms. The number of nitrogens with zero attached hydrogens (tertiary/aromatic N) is 1. The highest BCUT2D eigenvalue weighted by Gasteiger charge is 2.18. The highest BCUT2D eigenvalue weighted by atomic mass is 16.6. The average Bonchev–Trinajstić information content (AvgIpc) is 2.34. The van der Waals surface area contributed by atoms with Crippen LogP contribution in [0.2, 0.25) is 0 Å². The minimum Gasteiger partial charge on any atom is -0.480 e. The number of aryl methyl sites for hydroxylation is 1. The number of carboxylic acids is 1. The number of carboxylic acid groups (broad SMARTS) is 1. The summed E-state index contributed by atoms with van der Waals surface area (Å²) >= 11 is 0. The number of nitrogens with one attached hydrogen (secondary N) is 1. The zero-order valence-electron chi connectivity index (χ0n) is 11.9. The van der Waals surface area contributed by atoms with E-state index in [1.807, 2.05) is 13.8 Å². The van der Waals surface area contributed by atoms with Gasteiger partial charge in [0.1, 0.15) is 6.04 Å². The number of carbonyl (C=O) groups is 1. The van der Waals surface area contributed by atoms with Gasteiger partial charge < -0.3 is 10.4 Å². The molecule has 0 fully saturated rings. The van der Waals surface area contributed by atoms with Crippen LogP contribution in [0, 0.1) is 23.0 Å². The van der Waals surface area contributed by atoms with Crippen molar-refractivity contribution in [1.82, 2.24) is 5.32 Å². The minimum absolute atomic E-state index is 0.0556. The molecule has 0 spiro atoms. The first kappa shape index (κ1) is 16.1. The lowest BCUT2D eigenvalue weighted by Crippen LogP contribution is -2.37. The van der Waals surface area contributed by atoms with E-state index in [-0.39, 0.29) is 11.6 Å². The van der Waals surface area contributed by atoms with E-state index in [9.17, 15) is 14.9 Å². The molecule has 1 aromatic carbocycles. The summed E-state index contributed by atoms with van der Waals surface area (Å²) in [4.78, 5) is 21.5. The molecule has 0 amide bonds. The number of nitro groups is 1. The highest BCUT2D eigenvalue weighted by molar-refractivity contribution is 5.73. The number of benzene rings is 1. The Morgan fingerprint density at radius 1 is 1.45 bits per heavy atom. The van der Waals surface area contributed by atoms with Crippen LogP contribution in [0.3, 0.4) is 0 Å². The van der Waals surface area contributed by atoms with E-state index in [1.54, 1.807) is 19.1 Å². The second-order valence-corrected chi connectivity index (χ2v) is 5.28. The van der Waals surface area contributed by atoms with Crippen LogP contribution in [0.4, 0.5) is 5.69 Å². The van der Waals surface area contributed by atoms with Gasteiger partial charge in [0.05, 0.1) is 4.92 Å². The molecule has 0 radical (unpaired) electrons. The Kier molecular flexibility index (Phi) is 5.64. The molecule has 1 rings (SSSR count). The van der Waals surface area contributed by atoms with Gasteiger partial charge in [0.25, 0.3) is 5.69 Å². The van der Waals surface area contributed by atoms with Gasteiger partial charge in [-0.15, -0.1) is 0 Å². The normalized spacial score (nSPS) is 12.4. The maximum Gasteiger partial charge on any atom is 0.320 e. The Balaban J connectivity index is 2.75. The molecule has 0 aliphatic carbocycles. The van der Waals surface area contributed by atoms with Crippen molar-refractivity contribution in [3.63, 3.8) is 0 Å². The number of aliphatic carboxylic acids is 1. The lowest BCUT2D eigenvalue weighted by atomic mass is 10.0. The monoisotopic (exact) mass is 280 g/mol. The molecule has 0 saturated carbocycles. The first-order valence-corrected chi connectivity index (χ1v) is 6.51. The van der Waals surface area contributed by atoms with Crippen molar-refractivity contribution in [3.8, 4) is 0 Å². The fourth-order valence-electron chi connectivity index (χ4n) is 1.95. The first-order valence-electron chi connectivity index (χ1n) is 6.51. The lowest BCUT2D eigenvalue weighted by Gasteiger charge is -2.16. The standard InChI is InChI=1S/C14H20N2O4/c1-9(2)6-12(14(17)18)15-8-11-5-4-10(3)13(7-11)16(19)20/h4-5,7,9,12,15H,6,8H2,1-3H3,(H,17,18)/t12-/m0/s1. The molecule has 2 N–H and O–H groups in total. The van der Waals surface area contributed by atoms with E-state index in [2.05, 4.69) is 5.32 Å². The zero-order chi connectivity index (χ0) is 15.3. The Bertz CT molecular complexity index is 500.